The summed E-state index contributed by atoms with van der Waals surface area (Å²) in [6, 6.07) is 2.22. The Hall–Kier alpha value is -0.700. The van der Waals surface area contributed by atoms with Crippen molar-refractivity contribution < 1.29 is 17.5 Å². The van der Waals surface area contributed by atoms with E-state index in [0.717, 1.165) is 18.9 Å². The van der Waals surface area contributed by atoms with Crippen molar-refractivity contribution >= 4 is 26.0 Å². The Bertz CT molecular complexity index is 616. The lowest BCUT2D eigenvalue weighted by Gasteiger charge is -2.26. The fourth-order valence-corrected chi connectivity index (χ4v) is 4.19. The van der Waals surface area contributed by atoms with E-state index in [-0.39, 0.29) is 27.2 Å². The lowest BCUT2D eigenvalue weighted by atomic mass is 9.93. The number of rotatable bonds is 4. The van der Waals surface area contributed by atoms with Crippen LogP contribution in [0.2, 0.25) is 0 Å². The molecule has 1 aliphatic carbocycles. The van der Waals surface area contributed by atoms with Crippen LogP contribution >= 0.6 is 15.9 Å². The van der Waals surface area contributed by atoms with Crippen LogP contribution in [-0.2, 0) is 10.0 Å². The van der Waals surface area contributed by atoms with Gasteiger partial charge in [0.15, 0.2) is 0 Å². The molecule has 0 aromatic heterocycles. The first kappa shape index (κ1) is 16.7. The summed E-state index contributed by atoms with van der Waals surface area (Å²) in [5.41, 5.74) is 5.80. The molecule has 0 amide bonds. The van der Waals surface area contributed by atoms with Crippen LogP contribution in [0.5, 0.6) is 5.75 Å². The van der Waals surface area contributed by atoms with E-state index >= 15 is 0 Å². The van der Waals surface area contributed by atoms with E-state index in [4.69, 9.17) is 10.5 Å². The molecule has 3 N–H and O–H groups in total. The first-order valence-corrected chi connectivity index (χ1v) is 8.92. The van der Waals surface area contributed by atoms with Crippen molar-refractivity contribution in [1.82, 2.24) is 4.72 Å². The Morgan fingerprint density at radius 2 is 1.95 bits per heavy atom. The van der Waals surface area contributed by atoms with Crippen LogP contribution in [0.15, 0.2) is 21.5 Å². The molecule has 1 aliphatic rings. The molecule has 2 rings (SSSR count). The third-order valence-electron chi connectivity index (χ3n) is 3.59. The second kappa shape index (κ2) is 6.60. The van der Waals surface area contributed by atoms with Gasteiger partial charge in [-0.3, -0.25) is 0 Å². The van der Waals surface area contributed by atoms with Gasteiger partial charge in [0.05, 0.1) is 11.6 Å². The van der Waals surface area contributed by atoms with E-state index in [2.05, 4.69) is 20.7 Å². The summed E-state index contributed by atoms with van der Waals surface area (Å²) in [6.45, 7) is 0. The molecule has 0 aliphatic heterocycles. The van der Waals surface area contributed by atoms with Crippen molar-refractivity contribution in [2.45, 2.75) is 42.7 Å². The standard InChI is InChI=1S/C13H18BrFN2O3S/c1-20-12-6-10(14)11(15)7-13(12)21(18,19)17-9-4-2-8(16)3-5-9/h6-9,17H,2-5,16H2,1H3. The van der Waals surface area contributed by atoms with Gasteiger partial charge in [0, 0.05) is 12.1 Å². The molecule has 8 heteroatoms. The van der Waals surface area contributed by atoms with Crippen LogP contribution in [0, 0.1) is 5.82 Å². The van der Waals surface area contributed by atoms with E-state index in [1.807, 2.05) is 0 Å². The Morgan fingerprint density at radius 3 is 2.52 bits per heavy atom. The normalized spacial score (nSPS) is 23.0. The number of halogens is 2. The summed E-state index contributed by atoms with van der Waals surface area (Å²) in [7, 11) is -2.49. The largest absolute Gasteiger partial charge is 0.495 e. The average Bonchev–Trinajstić information content (AvgIpc) is 2.43. The second-order valence-electron chi connectivity index (χ2n) is 5.15. The molecule has 0 radical (unpaired) electrons. The third kappa shape index (κ3) is 3.94. The van der Waals surface area contributed by atoms with Crippen LogP contribution < -0.4 is 15.2 Å². The smallest absolute Gasteiger partial charge is 0.244 e. The molecule has 0 saturated heterocycles. The minimum absolute atomic E-state index is 0.100. The number of nitrogens with two attached hydrogens (primary N) is 1. The van der Waals surface area contributed by atoms with Gasteiger partial charge in [-0.25, -0.2) is 17.5 Å². The van der Waals surface area contributed by atoms with Gasteiger partial charge in [-0.15, -0.1) is 0 Å². The molecule has 1 fully saturated rings. The molecule has 0 unspecified atom stereocenters. The molecule has 1 saturated carbocycles. The van der Waals surface area contributed by atoms with Gasteiger partial charge < -0.3 is 10.5 Å². The zero-order chi connectivity index (χ0) is 15.6. The molecule has 5 nitrogen and oxygen atoms in total. The number of nitrogens with one attached hydrogen (secondary N) is 1. The Balaban J connectivity index is 2.25. The summed E-state index contributed by atoms with van der Waals surface area (Å²) in [4.78, 5) is -0.194. The first-order valence-electron chi connectivity index (χ1n) is 6.64. The van der Waals surface area contributed by atoms with Crippen molar-refractivity contribution in [1.29, 1.82) is 0 Å². The van der Waals surface area contributed by atoms with E-state index < -0.39 is 15.8 Å². The maximum absolute atomic E-state index is 13.6. The van der Waals surface area contributed by atoms with E-state index in [9.17, 15) is 12.8 Å². The topological polar surface area (TPSA) is 81.4 Å². The number of ether oxygens (including phenoxy) is 1. The lowest BCUT2D eigenvalue weighted by Crippen LogP contribution is -2.40. The molecule has 0 bridgehead atoms. The minimum Gasteiger partial charge on any atom is -0.495 e. The zero-order valence-corrected chi connectivity index (χ0v) is 14.0. The fourth-order valence-electron chi connectivity index (χ4n) is 2.40. The molecule has 0 spiro atoms. The first-order chi connectivity index (χ1) is 9.83. The van der Waals surface area contributed by atoms with Crippen molar-refractivity contribution in [2.75, 3.05) is 7.11 Å². The zero-order valence-electron chi connectivity index (χ0n) is 11.6. The molecule has 1 aromatic carbocycles. The summed E-state index contributed by atoms with van der Waals surface area (Å²) in [6.07, 6.45) is 2.92. The molecular formula is C13H18BrFN2O3S. The molecule has 0 atom stereocenters. The van der Waals surface area contributed by atoms with Crippen molar-refractivity contribution in [3.8, 4) is 5.75 Å². The van der Waals surface area contributed by atoms with E-state index in [1.54, 1.807) is 0 Å². The lowest BCUT2D eigenvalue weighted by molar-refractivity contribution is 0.371. The number of sulfonamides is 1. The summed E-state index contributed by atoms with van der Waals surface area (Å²) in [5, 5.41) is 0. The quantitative estimate of drug-likeness (QED) is 0.838. The van der Waals surface area contributed by atoms with Gasteiger partial charge in [-0.2, -0.15) is 0 Å². The maximum atomic E-state index is 13.6. The van der Waals surface area contributed by atoms with Crippen molar-refractivity contribution in [2.24, 2.45) is 5.73 Å². The van der Waals surface area contributed by atoms with Gasteiger partial charge in [0.25, 0.3) is 0 Å². The highest BCUT2D eigenvalue weighted by molar-refractivity contribution is 9.10. The average molecular weight is 381 g/mol. The summed E-state index contributed by atoms with van der Waals surface area (Å²) in [5.74, 6) is -0.551. The fraction of sp³-hybridized carbons (Fsp3) is 0.538. The predicted molar refractivity (Wildman–Crippen MR) is 81.2 cm³/mol. The van der Waals surface area contributed by atoms with Crippen LogP contribution in [0.25, 0.3) is 0 Å². The van der Waals surface area contributed by atoms with Crippen molar-refractivity contribution in [3.05, 3.63) is 22.4 Å². The highest BCUT2D eigenvalue weighted by Gasteiger charge is 2.27. The Morgan fingerprint density at radius 1 is 1.33 bits per heavy atom. The molecule has 0 heterocycles. The number of hydrogen-bond donors (Lipinski definition) is 2. The molecular weight excluding hydrogens is 363 g/mol. The van der Waals surface area contributed by atoms with Crippen molar-refractivity contribution in [3.63, 3.8) is 0 Å². The molecule has 21 heavy (non-hydrogen) atoms. The van der Waals surface area contributed by atoms with Crippen LogP contribution in [0.4, 0.5) is 4.39 Å². The molecule has 118 valence electrons. The van der Waals surface area contributed by atoms with E-state index in [1.165, 1.54) is 13.2 Å². The second-order valence-corrected chi connectivity index (χ2v) is 7.69. The summed E-state index contributed by atoms with van der Waals surface area (Å²) < 4.78 is 46.3. The number of hydrogen-bond acceptors (Lipinski definition) is 4. The van der Waals surface area contributed by atoms with Gasteiger partial charge in [0.1, 0.15) is 16.5 Å². The van der Waals surface area contributed by atoms with E-state index in [0.29, 0.717) is 12.8 Å². The van der Waals surface area contributed by atoms with Gasteiger partial charge >= 0.3 is 0 Å². The Labute approximate surface area is 132 Å². The maximum Gasteiger partial charge on any atom is 0.244 e. The molecule has 1 aromatic rings. The highest BCUT2D eigenvalue weighted by atomic mass is 79.9. The van der Waals surface area contributed by atoms with Gasteiger partial charge in [-0.1, -0.05) is 0 Å². The van der Waals surface area contributed by atoms with Crippen LogP contribution in [0.3, 0.4) is 0 Å². The predicted octanol–water partition coefficient (Wildman–Crippen LogP) is 2.14. The number of methoxy groups -OCH3 is 1. The minimum atomic E-state index is -3.84. The van der Waals surface area contributed by atoms with Gasteiger partial charge in [-0.05, 0) is 53.7 Å². The Kier molecular flexibility index (Phi) is 5.24. The van der Waals surface area contributed by atoms with Crippen LogP contribution in [-0.4, -0.2) is 27.6 Å². The van der Waals surface area contributed by atoms with Gasteiger partial charge in [0.2, 0.25) is 10.0 Å². The third-order valence-corrected chi connectivity index (χ3v) is 5.74. The monoisotopic (exact) mass is 380 g/mol. The highest BCUT2D eigenvalue weighted by Crippen LogP contribution is 2.30. The number of benzene rings is 1. The van der Waals surface area contributed by atoms with Crippen LogP contribution in [0.1, 0.15) is 25.7 Å². The SMILES string of the molecule is COc1cc(Br)c(F)cc1S(=O)(=O)NC1CCC(N)CC1. The summed E-state index contributed by atoms with van der Waals surface area (Å²) >= 11 is 3.01.